The lowest BCUT2D eigenvalue weighted by Crippen LogP contribution is -2.42. The van der Waals surface area contributed by atoms with E-state index in [2.05, 4.69) is 20.6 Å². The molecule has 2 fully saturated rings. The number of fused-ring (bicyclic) bond motifs is 1. The van der Waals surface area contributed by atoms with Crippen LogP contribution in [0.15, 0.2) is 18.3 Å². The first-order valence-corrected chi connectivity index (χ1v) is 6.75. The van der Waals surface area contributed by atoms with E-state index in [1.54, 1.807) is 18.3 Å². The summed E-state index contributed by atoms with van der Waals surface area (Å²) in [5.74, 6) is 5.18. The molecule has 1 aromatic heterocycles. The van der Waals surface area contributed by atoms with Crippen molar-refractivity contribution >= 4 is 11.6 Å². The zero-order valence-corrected chi connectivity index (χ0v) is 10.8. The molecule has 2 aliphatic heterocycles. The summed E-state index contributed by atoms with van der Waals surface area (Å²) in [5, 5.41) is 3.11. The Morgan fingerprint density at radius 2 is 2.26 bits per heavy atom. The summed E-state index contributed by atoms with van der Waals surface area (Å²) in [5.41, 5.74) is 3.63. The van der Waals surface area contributed by atoms with Gasteiger partial charge in [-0.05, 0) is 37.9 Å². The Kier molecular flexibility index (Phi) is 3.35. The van der Waals surface area contributed by atoms with Crippen LogP contribution in [0, 0.1) is 0 Å². The van der Waals surface area contributed by atoms with Crippen molar-refractivity contribution in [1.29, 1.82) is 0 Å². The predicted molar refractivity (Wildman–Crippen MR) is 72.5 cm³/mol. The molecular weight excluding hydrogens is 242 g/mol. The number of nitrogen functional groups attached to an aromatic ring is 1. The molecule has 0 spiro atoms. The van der Waals surface area contributed by atoms with Crippen LogP contribution in [0.25, 0.3) is 0 Å². The molecule has 2 atom stereocenters. The maximum absolute atomic E-state index is 12.1. The molecule has 3 rings (SSSR count). The number of pyridine rings is 1. The first-order valence-electron chi connectivity index (χ1n) is 6.75. The van der Waals surface area contributed by atoms with E-state index in [1.165, 1.54) is 19.4 Å². The van der Waals surface area contributed by atoms with Gasteiger partial charge in [-0.15, -0.1) is 0 Å². The van der Waals surface area contributed by atoms with Crippen molar-refractivity contribution in [3.8, 4) is 0 Å². The molecule has 102 valence electrons. The fourth-order valence-corrected chi connectivity index (χ4v) is 3.11. The van der Waals surface area contributed by atoms with Crippen LogP contribution in [0.4, 0.5) is 5.69 Å². The van der Waals surface area contributed by atoms with Gasteiger partial charge in [0.25, 0.3) is 5.91 Å². The third-order valence-electron chi connectivity index (χ3n) is 4.09. The van der Waals surface area contributed by atoms with Crippen molar-refractivity contribution in [3.63, 3.8) is 0 Å². The van der Waals surface area contributed by atoms with E-state index in [4.69, 9.17) is 5.84 Å². The normalized spacial score (nSPS) is 26.2. The summed E-state index contributed by atoms with van der Waals surface area (Å²) in [6.07, 6.45) is 5.03. The zero-order chi connectivity index (χ0) is 13.2. The van der Waals surface area contributed by atoms with Crippen LogP contribution in [0.2, 0.25) is 0 Å². The standard InChI is InChI=1S/C13H19N5O/c14-17-9-3-4-11(15-8-9)13(19)16-10-5-7-18-6-1-2-12(10)18/h3-4,8,10,12,17H,1-2,5-7,14H2,(H,16,19). The highest BCUT2D eigenvalue weighted by Crippen LogP contribution is 2.27. The first kappa shape index (κ1) is 12.4. The van der Waals surface area contributed by atoms with Gasteiger partial charge in [0.05, 0.1) is 11.9 Å². The van der Waals surface area contributed by atoms with Crippen molar-refractivity contribution in [3.05, 3.63) is 24.0 Å². The van der Waals surface area contributed by atoms with Crippen LogP contribution < -0.4 is 16.6 Å². The van der Waals surface area contributed by atoms with Gasteiger partial charge < -0.3 is 10.7 Å². The van der Waals surface area contributed by atoms with E-state index >= 15 is 0 Å². The summed E-state index contributed by atoms with van der Waals surface area (Å²) in [6.45, 7) is 2.27. The van der Waals surface area contributed by atoms with Crippen LogP contribution in [0.1, 0.15) is 29.8 Å². The number of hydrogen-bond donors (Lipinski definition) is 3. The van der Waals surface area contributed by atoms with Gasteiger partial charge in [-0.2, -0.15) is 0 Å². The van der Waals surface area contributed by atoms with E-state index in [0.29, 0.717) is 17.4 Å². The lowest BCUT2D eigenvalue weighted by atomic mass is 10.1. The number of hydrazine groups is 1. The number of nitrogens with two attached hydrogens (primary N) is 1. The van der Waals surface area contributed by atoms with Crippen molar-refractivity contribution in [2.75, 3.05) is 18.5 Å². The number of nitrogens with one attached hydrogen (secondary N) is 2. The second-order valence-electron chi connectivity index (χ2n) is 5.19. The summed E-state index contributed by atoms with van der Waals surface area (Å²) < 4.78 is 0. The Bertz CT molecular complexity index is 461. The molecular formula is C13H19N5O. The van der Waals surface area contributed by atoms with E-state index in [-0.39, 0.29) is 11.9 Å². The lowest BCUT2D eigenvalue weighted by molar-refractivity contribution is 0.0924. The molecule has 19 heavy (non-hydrogen) atoms. The number of carbonyl (C=O) groups excluding carboxylic acids is 1. The molecule has 6 heteroatoms. The van der Waals surface area contributed by atoms with Crippen LogP contribution in [0.3, 0.4) is 0 Å². The quantitative estimate of drug-likeness (QED) is 0.539. The fourth-order valence-electron chi connectivity index (χ4n) is 3.11. The molecule has 2 saturated heterocycles. The highest BCUT2D eigenvalue weighted by Gasteiger charge is 2.37. The number of aromatic nitrogens is 1. The SMILES string of the molecule is NNc1ccc(C(=O)NC2CCN3CCCC23)nc1. The number of nitrogens with zero attached hydrogens (tertiary/aromatic N) is 2. The maximum Gasteiger partial charge on any atom is 0.270 e. The van der Waals surface area contributed by atoms with Gasteiger partial charge in [0.2, 0.25) is 0 Å². The smallest absolute Gasteiger partial charge is 0.270 e. The molecule has 4 N–H and O–H groups in total. The van der Waals surface area contributed by atoms with Gasteiger partial charge >= 0.3 is 0 Å². The molecule has 0 aromatic carbocycles. The molecule has 3 heterocycles. The third kappa shape index (κ3) is 2.41. The van der Waals surface area contributed by atoms with Crippen LogP contribution in [-0.4, -0.2) is 41.0 Å². The number of amides is 1. The van der Waals surface area contributed by atoms with Gasteiger partial charge in [-0.1, -0.05) is 0 Å². The Balaban J connectivity index is 1.64. The number of anilines is 1. The molecule has 0 radical (unpaired) electrons. The third-order valence-corrected chi connectivity index (χ3v) is 4.09. The fraction of sp³-hybridized carbons (Fsp3) is 0.538. The van der Waals surface area contributed by atoms with E-state index < -0.39 is 0 Å². The summed E-state index contributed by atoms with van der Waals surface area (Å²) in [4.78, 5) is 18.7. The second-order valence-corrected chi connectivity index (χ2v) is 5.19. The average molecular weight is 261 g/mol. The molecule has 0 saturated carbocycles. The topological polar surface area (TPSA) is 83.3 Å². The van der Waals surface area contributed by atoms with Crippen molar-refractivity contribution < 1.29 is 4.79 Å². The Labute approximate surface area is 112 Å². The molecule has 1 aromatic rings. The molecule has 0 bridgehead atoms. The van der Waals surface area contributed by atoms with Gasteiger partial charge in [-0.3, -0.25) is 15.5 Å². The van der Waals surface area contributed by atoms with Crippen molar-refractivity contribution in [1.82, 2.24) is 15.2 Å². The predicted octanol–water partition coefficient (Wildman–Crippen LogP) is 0.334. The van der Waals surface area contributed by atoms with Gasteiger partial charge in [0, 0.05) is 18.6 Å². The molecule has 0 aliphatic carbocycles. The number of carbonyl (C=O) groups is 1. The van der Waals surface area contributed by atoms with E-state index in [0.717, 1.165) is 13.0 Å². The van der Waals surface area contributed by atoms with Gasteiger partial charge in [0.15, 0.2) is 0 Å². The maximum atomic E-state index is 12.1. The summed E-state index contributed by atoms with van der Waals surface area (Å²) >= 11 is 0. The molecule has 2 unspecified atom stereocenters. The zero-order valence-electron chi connectivity index (χ0n) is 10.8. The van der Waals surface area contributed by atoms with E-state index in [1.807, 2.05) is 0 Å². The minimum Gasteiger partial charge on any atom is -0.346 e. The minimum atomic E-state index is -0.0951. The summed E-state index contributed by atoms with van der Waals surface area (Å²) in [6, 6.07) is 4.22. The molecule has 6 nitrogen and oxygen atoms in total. The Morgan fingerprint density at radius 3 is 3.00 bits per heavy atom. The minimum absolute atomic E-state index is 0.0951. The Hall–Kier alpha value is -1.66. The number of rotatable bonds is 3. The lowest BCUT2D eigenvalue weighted by Gasteiger charge is -2.21. The van der Waals surface area contributed by atoms with Gasteiger partial charge in [-0.25, -0.2) is 4.98 Å². The van der Waals surface area contributed by atoms with E-state index in [9.17, 15) is 4.79 Å². The Morgan fingerprint density at radius 1 is 1.37 bits per heavy atom. The highest BCUT2D eigenvalue weighted by molar-refractivity contribution is 5.92. The largest absolute Gasteiger partial charge is 0.346 e. The highest BCUT2D eigenvalue weighted by atomic mass is 16.2. The molecule has 2 aliphatic rings. The van der Waals surface area contributed by atoms with Crippen molar-refractivity contribution in [2.24, 2.45) is 5.84 Å². The van der Waals surface area contributed by atoms with Crippen LogP contribution in [0.5, 0.6) is 0 Å². The number of hydrogen-bond acceptors (Lipinski definition) is 5. The van der Waals surface area contributed by atoms with Crippen molar-refractivity contribution in [2.45, 2.75) is 31.3 Å². The monoisotopic (exact) mass is 261 g/mol. The summed E-state index contributed by atoms with van der Waals surface area (Å²) in [7, 11) is 0. The second kappa shape index (κ2) is 5.14. The van der Waals surface area contributed by atoms with Crippen LogP contribution >= 0.6 is 0 Å². The molecule has 1 amide bonds. The average Bonchev–Trinajstić information content (AvgIpc) is 3.04. The van der Waals surface area contributed by atoms with Gasteiger partial charge in [0.1, 0.15) is 5.69 Å². The van der Waals surface area contributed by atoms with Crippen LogP contribution in [-0.2, 0) is 0 Å². The first-order chi connectivity index (χ1) is 9.28.